The van der Waals surface area contributed by atoms with Crippen molar-refractivity contribution >= 4 is 16.8 Å². The summed E-state index contributed by atoms with van der Waals surface area (Å²) in [5.74, 6) is 0.113. The average Bonchev–Trinajstić information content (AvgIpc) is 3.41. The lowest BCUT2D eigenvalue weighted by atomic mass is 10.1. The summed E-state index contributed by atoms with van der Waals surface area (Å²) < 4.78 is 50.2. The summed E-state index contributed by atoms with van der Waals surface area (Å²) in [5.41, 5.74) is 5.15. The maximum atomic E-state index is 13.1. The van der Waals surface area contributed by atoms with E-state index in [-0.39, 0.29) is 41.1 Å². The predicted molar refractivity (Wildman–Crippen MR) is 101 cm³/mol. The molecule has 1 saturated heterocycles. The van der Waals surface area contributed by atoms with E-state index in [1.807, 2.05) is 0 Å². The van der Waals surface area contributed by atoms with Gasteiger partial charge in [0.2, 0.25) is 5.89 Å². The molecular formula is C19H18F3N5O3. The van der Waals surface area contributed by atoms with Crippen LogP contribution in [0.25, 0.3) is 22.4 Å². The van der Waals surface area contributed by atoms with Gasteiger partial charge in [0.25, 0.3) is 5.91 Å². The number of aromatic nitrogens is 2. The van der Waals surface area contributed by atoms with Crippen LogP contribution in [-0.4, -0.2) is 47.6 Å². The topological polar surface area (TPSA) is 107 Å². The van der Waals surface area contributed by atoms with Crippen molar-refractivity contribution < 1.29 is 27.1 Å². The van der Waals surface area contributed by atoms with E-state index in [2.05, 4.69) is 15.3 Å². The molecular weight excluding hydrogens is 403 g/mol. The van der Waals surface area contributed by atoms with Crippen molar-refractivity contribution in [3.63, 3.8) is 0 Å². The second kappa shape index (κ2) is 7.58. The maximum Gasteiger partial charge on any atom is 0.433 e. The van der Waals surface area contributed by atoms with Crippen LogP contribution in [0.4, 0.5) is 13.2 Å². The monoisotopic (exact) mass is 421 g/mol. The van der Waals surface area contributed by atoms with Crippen LogP contribution in [0.15, 0.2) is 28.7 Å². The maximum absolute atomic E-state index is 13.1. The second-order valence-electron chi connectivity index (χ2n) is 6.63. The van der Waals surface area contributed by atoms with Gasteiger partial charge in [-0.05, 0) is 24.3 Å². The Morgan fingerprint density at radius 2 is 2.10 bits per heavy atom. The van der Waals surface area contributed by atoms with Gasteiger partial charge in [-0.15, -0.1) is 0 Å². The molecule has 0 unspecified atom stereocenters. The molecule has 1 aliphatic rings. The number of fused-ring (bicyclic) bond motifs is 1. The number of methoxy groups -OCH3 is 1. The largest absolute Gasteiger partial charge is 0.494 e. The summed E-state index contributed by atoms with van der Waals surface area (Å²) in [5, 5.41) is 3.40. The van der Waals surface area contributed by atoms with E-state index in [0.29, 0.717) is 30.7 Å². The number of carbonyl (C=O) groups is 1. The zero-order valence-electron chi connectivity index (χ0n) is 15.9. The molecule has 30 heavy (non-hydrogen) atoms. The van der Waals surface area contributed by atoms with E-state index >= 15 is 0 Å². The zero-order valence-corrected chi connectivity index (χ0v) is 15.9. The summed E-state index contributed by atoms with van der Waals surface area (Å²) in [6, 6.07) is 5.22. The number of alkyl halides is 3. The van der Waals surface area contributed by atoms with Crippen LogP contribution in [0.2, 0.25) is 0 Å². The quantitative estimate of drug-likeness (QED) is 0.666. The number of amides is 1. The molecule has 3 heterocycles. The van der Waals surface area contributed by atoms with Crippen LogP contribution in [0.5, 0.6) is 5.75 Å². The van der Waals surface area contributed by atoms with Gasteiger partial charge in [-0.1, -0.05) is 0 Å². The van der Waals surface area contributed by atoms with Gasteiger partial charge in [0.05, 0.1) is 20.3 Å². The molecule has 1 aromatic carbocycles. The van der Waals surface area contributed by atoms with Crippen molar-refractivity contribution in [3.05, 3.63) is 41.4 Å². The van der Waals surface area contributed by atoms with Crippen molar-refractivity contribution in [2.75, 3.05) is 26.9 Å². The minimum absolute atomic E-state index is 0.00828. The Hall–Kier alpha value is -3.18. The molecule has 2 aromatic heterocycles. The molecule has 0 aliphatic carbocycles. The molecule has 1 amide bonds. The fourth-order valence-electron chi connectivity index (χ4n) is 3.30. The number of hydrogen-bond donors (Lipinski definition) is 2. The Balaban J connectivity index is 1.84. The average molecular weight is 421 g/mol. The number of benzene rings is 1. The van der Waals surface area contributed by atoms with Crippen molar-refractivity contribution in [2.45, 2.75) is 12.7 Å². The molecule has 3 N–H and O–H groups in total. The Morgan fingerprint density at radius 1 is 1.30 bits per heavy atom. The Morgan fingerprint density at radius 3 is 2.73 bits per heavy atom. The fraction of sp³-hybridized carbons (Fsp3) is 0.316. The zero-order chi connectivity index (χ0) is 21.5. The number of nitrogens with one attached hydrogen (secondary N) is 1. The highest BCUT2D eigenvalue weighted by molar-refractivity contribution is 5.98. The lowest BCUT2D eigenvalue weighted by molar-refractivity contribution is -0.140. The summed E-state index contributed by atoms with van der Waals surface area (Å²) in [4.78, 5) is 22.4. The number of pyridine rings is 1. The molecule has 1 aliphatic heterocycles. The SMILES string of the molecule is COc1ccc(-c2nc(C(=O)N3CCNC3)c(CN)o2)c2ccc(C(F)(F)F)nc12. The Labute approximate surface area is 168 Å². The van der Waals surface area contributed by atoms with Gasteiger partial charge in [0.1, 0.15) is 17.0 Å². The van der Waals surface area contributed by atoms with Crippen LogP contribution < -0.4 is 15.8 Å². The summed E-state index contributed by atoms with van der Waals surface area (Å²) in [6.07, 6.45) is -4.60. The first-order chi connectivity index (χ1) is 14.3. The molecule has 1 fully saturated rings. The first-order valence-electron chi connectivity index (χ1n) is 9.08. The number of nitrogens with two attached hydrogens (primary N) is 1. The summed E-state index contributed by atoms with van der Waals surface area (Å²) in [6.45, 7) is 1.53. The molecule has 0 spiro atoms. The smallest absolute Gasteiger partial charge is 0.433 e. The lowest BCUT2D eigenvalue weighted by Gasteiger charge is -2.12. The van der Waals surface area contributed by atoms with Crippen molar-refractivity contribution in [3.8, 4) is 17.2 Å². The summed E-state index contributed by atoms with van der Waals surface area (Å²) >= 11 is 0. The lowest BCUT2D eigenvalue weighted by Crippen LogP contribution is -2.30. The van der Waals surface area contributed by atoms with Gasteiger partial charge in [0.15, 0.2) is 11.5 Å². The molecule has 8 nitrogen and oxygen atoms in total. The normalized spacial score (nSPS) is 14.5. The highest BCUT2D eigenvalue weighted by Gasteiger charge is 2.33. The van der Waals surface area contributed by atoms with Gasteiger partial charge < -0.3 is 19.8 Å². The number of hydrogen-bond acceptors (Lipinski definition) is 7. The summed E-state index contributed by atoms with van der Waals surface area (Å²) in [7, 11) is 1.34. The van der Waals surface area contributed by atoms with Crippen LogP contribution >= 0.6 is 0 Å². The van der Waals surface area contributed by atoms with E-state index in [1.165, 1.54) is 19.2 Å². The number of ether oxygens (including phenoxy) is 1. The van der Waals surface area contributed by atoms with Crippen molar-refractivity contribution in [1.82, 2.24) is 20.2 Å². The van der Waals surface area contributed by atoms with Gasteiger partial charge >= 0.3 is 6.18 Å². The van der Waals surface area contributed by atoms with E-state index < -0.39 is 11.9 Å². The second-order valence-corrected chi connectivity index (χ2v) is 6.63. The number of oxazole rings is 1. The Bertz CT molecular complexity index is 1110. The highest BCUT2D eigenvalue weighted by atomic mass is 19.4. The van der Waals surface area contributed by atoms with E-state index in [4.69, 9.17) is 14.9 Å². The first-order valence-corrected chi connectivity index (χ1v) is 9.08. The number of carbonyl (C=O) groups excluding carboxylic acids is 1. The molecule has 3 aromatic rings. The van der Waals surface area contributed by atoms with E-state index in [0.717, 1.165) is 6.07 Å². The molecule has 0 saturated carbocycles. The number of halogens is 3. The molecule has 0 bridgehead atoms. The van der Waals surface area contributed by atoms with Crippen molar-refractivity contribution in [1.29, 1.82) is 0 Å². The molecule has 158 valence electrons. The third-order valence-electron chi connectivity index (χ3n) is 4.79. The van der Waals surface area contributed by atoms with E-state index in [9.17, 15) is 18.0 Å². The third-order valence-corrected chi connectivity index (χ3v) is 4.79. The molecule has 4 rings (SSSR count). The number of rotatable bonds is 4. The minimum Gasteiger partial charge on any atom is -0.494 e. The molecule has 11 heteroatoms. The first kappa shape index (κ1) is 20.1. The predicted octanol–water partition coefficient (Wildman–Crippen LogP) is 2.38. The van der Waals surface area contributed by atoms with E-state index in [1.54, 1.807) is 11.0 Å². The van der Waals surface area contributed by atoms with Gasteiger partial charge in [0, 0.05) is 24.0 Å². The van der Waals surface area contributed by atoms with Gasteiger partial charge in [-0.25, -0.2) is 9.97 Å². The molecule has 0 radical (unpaired) electrons. The number of nitrogens with zero attached hydrogens (tertiary/aromatic N) is 3. The third kappa shape index (κ3) is 3.46. The van der Waals surface area contributed by atoms with Crippen LogP contribution in [0.1, 0.15) is 21.9 Å². The minimum atomic E-state index is -4.60. The fourth-order valence-corrected chi connectivity index (χ4v) is 3.30. The highest BCUT2D eigenvalue weighted by Crippen LogP contribution is 2.37. The van der Waals surface area contributed by atoms with Gasteiger partial charge in [-0.2, -0.15) is 13.2 Å². The van der Waals surface area contributed by atoms with Crippen LogP contribution in [0, 0.1) is 0 Å². The molecule has 0 atom stereocenters. The Kier molecular flexibility index (Phi) is 5.08. The van der Waals surface area contributed by atoms with Crippen LogP contribution in [0.3, 0.4) is 0 Å². The standard InChI is InChI=1S/C19H18F3N5O3/c1-29-12-4-2-11(10-3-5-14(19(20,21)22)25-15(10)12)17-26-16(13(8-23)30-17)18(28)27-7-6-24-9-27/h2-5,24H,6-9,23H2,1H3. The van der Waals surface area contributed by atoms with Gasteiger partial charge in [-0.3, -0.25) is 10.1 Å². The van der Waals surface area contributed by atoms with Crippen LogP contribution in [-0.2, 0) is 12.7 Å². The van der Waals surface area contributed by atoms with Crippen molar-refractivity contribution in [2.24, 2.45) is 5.73 Å².